The molecule has 0 spiro atoms. The number of carbonyl (C=O) groups excluding carboxylic acids is 2. The lowest BCUT2D eigenvalue weighted by Gasteiger charge is -2.19. The van der Waals surface area contributed by atoms with Crippen molar-refractivity contribution in [3.8, 4) is 0 Å². The number of nitrogens with one attached hydrogen (secondary N) is 2. The fraction of sp³-hybridized carbons (Fsp3) is 0.500. The topological polar surface area (TPSA) is 85.2 Å². The van der Waals surface area contributed by atoms with Crippen LogP contribution in [0.2, 0.25) is 0 Å². The number of benzene rings is 1. The fourth-order valence-electron chi connectivity index (χ4n) is 3.58. The summed E-state index contributed by atoms with van der Waals surface area (Å²) in [6.07, 6.45) is -3.60. The molecule has 2 N–H and O–H groups in total. The van der Waals surface area contributed by atoms with Crippen LogP contribution in [0.4, 0.5) is 18.0 Å². The maximum absolute atomic E-state index is 13.1. The van der Waals surface area contributed by atoms with Crippen LogP contribution in [0.15, 0.2) is 24.3 Å². The van der Waals surface area contributed by atoms with Crippen LogP contribution in [0.3, 0.4) is 0 Å². The van der Waals surface area contributed by atoms with Crippen LogP contribution in [0.25, 0.3) is 0 Å². The first-order valence-electron chi connectivity index (χ1n) is 10.4. The summed E-state index contributed by atoms with van der Waals surface area (Å²) in [4.78, 5) is 25.1. The fourth-order valence-corrected chi connectivity index (χ4v) is 3.58. The van der Waals surface area contributed by atoms with Crippen LogP contribution in [-0.4, -0.2) is 27.4 Å². The van der Waals surface area contributed by atoms with Crippen LogP contribution in [-0.2, 0) is 30.4 Å². The first-order valence-corrected chi connectivity index (χ1v) is 10.4. The highest BCUT2D eigenvalue weighted by molar-refractivity contribution is 5.97. The van der Waals surface area contributed by atoms with Gasteiger partial charge in [0.15, 0.2) is 0 Å². The van der Waals surface area contributed by atoms with Crippen molar-refractivity contribution in [2.75, 3.05) is 0 Å². The quantitative estimate of drug-likeness (QED) is 0.706. The summed E-state index contributed by atoms with van der Waals surface area (Å²) in [6.45, 7) is 7.50. The average Bonchev–Trinajstić information content (AvgIpc) is 3.25. The van der Waals surface area contributed by atoms with Gasteiger partial charge in [0.1, 0.15) is 5.60 Å². The van der Waals surface area contributed by atoms with Crippen LogP contribution in [0, 0.1) is 0 Å². The second kappa shape index (κ2) is 8.84. The molecule has 1 aliphatic rings. The molecule has 0 aliphatic carbocycles. The van der Waals surface area contributed by atoms with Gasteiger partial charge in [-0.1, -0.05) is 12.1 Å². The third-order valence-electron chi connectivity index (χ3n) is 5.00. The van der Waals surface area contributed by atoms with Crippen molar-refractivity contribution in [1.29, 1.82) is 0 Å². The van der Waals surface area contributed by atoms with Crippen molar-refractivity contribution >= 4 is 12.0 Å². The van der Waals surface area contributed by atoms with Gasteiger partial charge in [0.05, 0.1) is 35.1 Å². The third kappa shape index (κ3) is 5.60. The number of alkyl halides is 3. The van der Waals surface area contributed by atoms with Gasteiger partial charge in [-0.2, -0.15) is 18.3 Å². The molecule has 32 heavy (non-hydrogen) atoms. The summed E-state index contributed by atoms with van der Waals surface area (Å²) in [5, 5.41) is 9.82. The molecule has 7 nitrogen and oxygen atoms in total. The lowest BCUT2D eigenvalue weighted by molar-refractivity contribution is -0.137. The minimum absolute atomic E-state index is 0.00436. The molecule has 0 radical (unpaired) electrons. The van der Waals surface area contributed by atoms with Gasteiger partial charge in [0.2, 0.25) is 0 Å². The molecule has 1 aromatic heterocycles. The molecule has 0 saturated carbocycles. The Bertz CT molecular complexity index is 1010. The monoisotopic (exact) mass is 452 g/mol. The Kier molecular flexibility index (Phi) is 6.52. The lowest BCUT2D eigenvalue weighted by atomic mass is 10.0. The smallest absolute Gasteiger partial charge is 0.416 e. The standard InChI is InChI=1S/C22H27F3N4O3/c1-13(14-7-5-8-15(11-14)22(23,24)25)27-19(30)18-16(28-29-10-6-9-17(18)29)12-26-20(31)32-21(2,3)4/h5,7-8,11,13H,6,9-10,12H2,1-4H3,(H,26,31)(H,27,30)/t13-/m1/s1. The summed E-state index contributed by atoms with van der Waals surface area (Å²) in [5.41, 5.74) is 0.382. The van der Waals surface area contributed by atoms with Crippen molar-refractivity contribution in [1.82, 2.24) is 20.4 Å². The highest BCUT2D eigenvalue weighted by Gasteiger charge is 2.31. The molecule has 0 unspecified atom stereocenters. The van der Waals surface area contributed by atoms with Gasteiger partial charge in [-0.3, -0.25) is 9.48 Å². The number of ether oxygens (including phenoxy) is 1. The molecule has 174 valence electrons. The Hall–Kier alpha value is -3.04. The van der Waals surface area contributed by atoms with E-state index in [0.717, 1.165) is 24.2 Å². The maximum Gasteiger partial charge on any atom is 0.416 e. The molecule has 10 heteroatoms. The second-order valence-electron chi connectivity index (χ2n) is 8.77. The molecule has 1 aliphatic heterocycles. The predicted molar refractivity (Wildman–Crippen MR) is 111 cm³/mol. The molecule has 1 aromatic carbocycles. The molecular weight excluding hydrogens is 425 g/mol. The highest BCUT2D eigenvalue weighted by atomic mass is 19.4. The van der Waals surface area contributed by atoms with E-state index in [1.807, 2.05) is 0 Å². The van der Waals surface area contributed by atoms with E-state index >= 15 is 0 Å². The Morgan fingerprint density at radius 1 is 1.25 bits per heavy atom. The first kappa shape index (κ1) is 23.6. The van der Waals surface area contributed by atoms with E-state index in [1.165, 1.54) is 12.1 Å². The number of aryl methyl sites for hydroxylation is 1. The first-order chi connectivity index (χ1) is 14.8. The number of amides is 2. The number of aromatic nitrogens is 2. The van der Waals surface area contributed by atoms with Gasteiger partial charge in [0, 0.05) is 6.54 Å². The zero-order valence-corrected chi connectivity index (χ0v) is 18.5. The SMILES string of the molecule is C[C@@H](NC(=O)c1c(CNC(=O)OC(C)(C)C)nn2c1CCC2)c1cccc(C(F)(F)F)c1. The molecule has 0 saturated heterocycles. The minimum atomic E-state index is -4.46. The summed E-state index contributed by atoms with van der Waals surface area (Å²) < 4.78 is 46.0. The summed E-state index contributed by atoms with van der Waals surface area (Å²) in [7, 11) is 0. The summed E-state index contributed by atoms with van der Waals surface area (Å²) in [5.74, 6) is -0.445. The van der Waals surface area contributed by atoms with Crippen molar-refractivity contribution in [2.45, 2.75) is 71.4 Å². The van der Waals surface area contributed by atoms with Gasteiger partial charge in [-0.25, -0.2) is 4.79 Å². The van der Waals surface area contributed by atoms with E-state index in [4.69, 9.17) is 4.74 Å². The number of rotatable bonds is 5. The molecule has 2 heterocycles. The second-order valence-corrected chi connectivity index (χ2v) is 8.77. The summed E-state index contributed by atoms with van der Waals surface area (Å²) in [6, 6.07) is 4.21. The van der Waals surface area contributed by atoms with Crippen molar-refractivity contribution in [3.05, 3.63) is 52.3 Å². The number of halogens is 3. The van der Waals surface area contributed by atoms with E-state index in [0.29, 0.717) is 29.8 Å². The lowest BCUT2D eigenvalue weighted by Crippen LogP contribution is -2.33. The molecule has 0 fully saturated rings. The van der Waals surface area contributed by atoms with Crippen LogP contribution in [0.5, 0.6) is 0 Å². The van der Waals surface area contributed by atoms with Crippen molar-refractivity contribution in [3.63, 3.8) is 0 Å². The number of fused-ring (bicyclic) bond motifs is 1. The maximum atomic E-state index is 13.1. The van der Waals surface area contributed by atoms with Gasteiger partial charge in [-0.05, 0) is 58.2 Å². The highest BCUT2D eigenvalue weighted by Crippen LogP contribution is 2.31. The largest absolute Gasteiger partial charge is 0.444 e. The molecule has 0 bridgehead atoms. The van der Waals surface area contributed by atoms with Crippen LogP contribution < -0.4 is 10.6 Å². The molecule has 2 amide bonds. The normalized spacial score (nSPS) is 14.6. The van der Waals surface area contributed by atoms with Crippen LogP contribution >= 0.6 is 0 Å². The van der Waals surface area contributed by atoms with Gasteiger partial charge in [0.25, 0.3) is 5.91 Å². The predicted octanol–water partition coefficient (Wildman–Crippen LogP) is 4.36. The third-order valence-corrected chi connectivity index (χ3v) is 5.00. The van der Waals surface area contributed by atoms with Gasteiger partial charge >= 0.3 is 12.3 Å². The van der Waals surface area contributed by atoms with E-state index < -0.39 is 35.4 Å². The Balaban J connectivity index is 1.77. The zero-order valence-electron chi connectivity index (χ0n) is 18.5. The Morgan fingerprint density at radius 2 is 1.97 bits per heavy atom. The number of alkyl carbamates (subject to hydrolysis) is 1. The van der Waals surface area contributed by atoms with Gasteiger partial charge in [-0.15, -0.1) is 0 Å². The number of nitrogens with zero attached hydrogens (tertiary/aromatic N) is 2. The Labute approximate surface area is 184 Å². The van der Waals surface area contributed by atoms with Crippen molar-refractivity contribution in [2.24, 2.45) is 0 Å². The van der Waals surface area contributed by atoms with E-state index in [2.05, 4.69) is 15.7 Å². The minimum Gasteiger partial charge on any atom is -0.444 e. The van der Waals surface area contributed by atoms with Gasteiger partial charge < -0.3 is 15.4 Å². The molecular formula is C22H27F3N4O3. The Morgan fingerprint density at radius 3 is 2.62 bits per heavy atom. The number of hydrogen-bond acceptors (Lipinski definition) is 4. The number of hydrogen-bond donors (Lipinski definition) is 2. The molecule has 3 rings (SSSR count). The zero-order chi connectivity index (χ0) is 23.7. The molecule has 1 atom stereocenters. The summed E-state index contributed by atoms with van der Waals surface area (Å²) >= 11 is 0. The van der Waals surface area contributed by atoms with Crippen molar-refractivity contribution < 1.29 is 27.5 Å². The molecule has 2 aromatic rings. The average molecular weight is 452 g/mol. The van der Waals surface area contributed by atoms with E-state index in [-0.39, 0.29) is 6.54 Å². The number of carbonyl (C=O) groups is 2. The van der Waals surface area contributed by atoms with E-state index in [9.17, 15) is 22.8 Å². The van der Waals surface area contributed by atoms with E-state index in [1.54, 1.807) is 32.4 Å². The van der Waals surface area contributed by atoms with Crippen LogP contribution in [0.1, 0.15) is 73.0 Å².